The van der Waals surface area contributed by atoms with Gasteiger partial charge in [-0.05, 0) is 86.5 Å². The molecule has 1 saturated heterocycles. The van der Waals surface area contributed by atoms with Crippen molar-refractivity contribution >= 4 is 38.9 Å². The molecule has 8 nitrogen and oxygen atoms in total. The van der Waals surface area contributed by atoms with E-state index in [1.54, 1.807) is 0 Å². The lowest BCUT2D eigenvalue weighted by molar-refractivity contribution is -0.148. The van der Waals surface area contributed by atoms with Gasteiger partial charge < -0.3 is 4.90 Å². The zero-order valence-electron chi connectivity index (χ0n) is 59.5. The number of Topliss-reactive ketones (excluding diaryl/α,β-unsaturated/α-hetero) is 4. The molecule has 4 aliphatic rings. The monoisotopic (exact) mass is 736 g/mol. The quantitative estimate of drug-likeness (QED) is 0.143. The molecule has 0 aromatic heterocycles. The molecule has 0 N–H and O–H groups in total. The minimum absolute atomic E-state index is 0.278. The number of hydrogen-bond acceptors (Lipinski definition) is 7. The largest absolute Gasteiger partial charge is 0.332 e. The lowest BCUT2D eigenvalue weighted by atomic mass is 9.70. The maximum Gasteiger partial charge on any atom is 0.227 e. The predicted molar refractivity (Wildman–Crippen MR) is 192 cm³/mol. The molecule has 1 amide bonds. The van der Waals surface area contributed by atoms with E-state index >= 15 is 9.59 Å². The second-order valence-electron chi connectivity index (χ2n) is 14.2. The Balaban J connectivity index is 2.13. The summed E-state index contributed by atoms with van der Waals surface area (Å²) in [7, 11) is -7.12. The van der Waals surface area contributed by atoms with Crippen LogP contribution in [0, 0.1) is 45.8 Å². The van der Waals surface area contributed by atoms with Crippen molar-refractivity contribution < 1.29 is 76.3 Å². The fourth-order valence-electron chi connectivity index (χ4n) is 6.84. The van der Waals surface area contributed by atoms with Gasteiger partial charge in [0.05, 0.1) is 16.5 Å². The van der Waals surface area contributed by atoms with Gasteiger partial charge in [0.2, 0.25) is 11.7 Å². The van der Waals surface area contributed by atoms with Gasteiger partial charge in [0.25, 0.3) is 0 Å². The molecule has 0 aromatic carbocycles. The summed E-state index contributed by atoms with van der Waals surface area (Å²) < 4.78 is 296. The van der Waals surface area contributed by atoms with E-state index in [9.17, 15) is 22.8 Å². The van der Waals surface area contributed by atoms with E-state index in [1.165, 1.54) is 13.8 Å². The number of likely N-dealkylation sites (tertiary alicyclic amines) is 1. The molecule has 0 radical (unpaired) electrons. The Morgan fingerprint density at radius 1 is 0.980 bits per heavy atom. The normalized spacial score (nSPS) is 43.0. The molecule has 4 rings (SSSR count). The fraction of sp³-hybridized carbons (Fsp3) is 0.875. The van der Waals surface area contributed by atoms with Crippen molar-refractivity contribution in [2.75, 3.05) is 12.3 Å². The highest BCUT2D eigenvalue weighted by Gasteiger charge is 2.69. The summed E-state index contributed by atoms with van der Waals surface area (Å²) in [6.07, 6.45) is -35.9. The summed E-state index contributed by atoms with van der Waals surface area (Å²) in [4.78, 5) is 73.3. The highest BCUT2D eigenvalue weighted by molar-refractivity contribution is 7.92. The van der Waals surface area contributed by atoms with Crippen molar-refractivity contribution in [1.29, 1.82) is 0 Å². The summed E-state index contributed by atoms with van der Waals surface area (Å²) in [5.74, 6) is -19.5. The van der Waals surface area contributed by atoms with Crippen molar-refractivity contribution in [2.24, 2.45) is 45.8 Å². The van der Waals surface area contributed by atoms with Crippen molar-refractivity contribution in [2.45, 2.75) is 162 Å². The average Bonchev–Trinajstić information content (AvgIpc) is 4.04. The molecule has 49 heavy (non-hydrogen) atoms. The molecule has 0 spiro atoms. The molecule has 9 heteroatoms. The Morgan fingerprint density at radius 3 is 2.20 bits per heavy atom. The summed E-state index contributed by atoms with van der Waals surface area (Å²) in [6, 6.07) is -2.08. The predicted octanol–water partition coefficient (Wildman–Crippen LogP) is 7.35. The van der Waals surface area contributed by atoms with Crippen LogP contribution < -0.4 is 0 Å². The van der Waals surface area contributed by atoms with Crippen molar-refractivity contribution in [3.8, 4) is 0 Å². The van der Waals surface area contributed by atoms with Gasteiger partial charge in [-0.1, -0.05) is 73.2 Å². The fourth-order valence-corrected chi connectivity index (χ4v) is 7.95. The summed E-state index contributed by atoms with van der Waals surface area (Å²) in [5.41, 5.74) is -10.4. The first-order valence-corrected chi connectivity index (χ1v) is 17.5. The first-order valence-electron chi connectivity index (χ1n) is 31.9. The van der Waals surface area contributed by atoms with Crippen LogP contribution in [0.4, 0.5) is 0 Å². The molecule has 5 atom stereocenters. The van der Waals surface area contributed by atoms with Crippen LogP contribution in [0.15, 0.2) is 0 Å². The van der Waals surface area contributed by atoms with Gasteiger partial charge in [0, 0.05) is 87.9 Å². The third-order valence-corrected chi connectivity index (χ3v) is 11.7. The first kappa shape index (κ1) is 14.9. The standard InChI is InChI=1S/C40H65NO7S/c1-10-11-15-27(35(45)32(44)20-26-16-17-26)21-31(43)34-33-30(39(33,8)9)24-41(34)36(46)29(37(2,3)4)22-28(42)23-40(18-13-12-14-19-40)25-49(47,48)38(5,6)7/h26-27,29-30,33-34H,10-25H2,1-9H3/t27-,29-,30+,33+,34-/m1/s1/i2D3,3D3,4D3,5D3,6D3,7D3,10D2,12D2,13D2,14D2,15D2,18D2,19D2. The molecule has 1 aliphatic heterocycles. The van der Waals surface area contributed by atoms with Crippen LogP contribution in [0.5, 0.6) is 0 Å². The first-order chi connectivity index (χ1) is 35.2. The van der Waals surface area contributed by atoms with Crippen LogP contribution >= 0.6 is 0 Å². The molecule has 0 bridgehead atoms. The number of sulfone groups is 1. The van der Waals surface area contributed by atoms with Gasteiger partial charge in [0.15, 0.2) is 21.4 Å². The Hall–Kier alpha value is -1.90. The zero-order chi connectivity index (χ0) is 64.3. The Morgan fingerprint density at radius 2 is 1.63 bits per heavy atom. The molecular formula is C40H65NO7S. The number of carbonyl (C=O) groups is 5. The number of carbonyl (C=O) groups excluding carboxylic acids is 5. The Bertz CT molecular complexity index is 2510. The van der Waals surface area contributed by atoms with Gasteiger partial charge in [0.1, 0.15) is 5.78 Å². The number of ketones is 4. The molecule has 3 saturated carbocycles. The van der Waals surface area contributed by atoms with Crippen molar-refractivity contribution in [3.63, 3.8) is 0 Å². The van der Waals surface area contributed by atoms with Gasteiger partial charge in [-0.25, -0.2) is 8.42 Å². The SMILES string of the molecule is [2H]C([2H])(C)CC([2H])([2H])[C@H](CC(=O)[C@@H]1[C@@H]2[C@H](CN1C(=O)[C@@H](CC(=O)CC1(CS(=O)(=O)C(C([2H])([2H])[2H])(C([2H])([2H])[2H])C([2H])([2H])[2H])C([2H])([2H])C([2H])([2H])C([2H])([2H])C([2H])([2H])C1([2H])[2H])C(C([2H])([2H])[2H])(C([2H])([2H])[2H])C([2H])([2H])[2H])C2(C)C)C(=O)C(=O)CC1CC1. The van der Waals surface area contributed by atoms with Gasteiger partial charge >= 0.3 is 0 Å². The van der Waals surface area contributed by atoms with Crippen LogP contribution in [0.3, 0.4) is 0 Å². The number of piperidine rings is 1. The van der Waals surface area contributed by atoms with Crippen LogP contribution in [-0.4, -0.2) is 65.4 Å². The molecule has 1 heterocycles. The second-order valence-corrected chi connectivity index (χ2v) is 16.3. The number of amides is 1. The van der Waals surface area contributed by atoms with Gasteiger partial charge in [-0.2, -0.15) is 0 Å². The highest BCUT2D eigenvalue weighted by Crippen LogP contribution is 2.65. The highest BCUT2D eigenvalue weighted by atomic mass is 32.2. The molecule has 3 aliphatic carbocycles. The van der Waals surface area contributed by atoms with E-state index < -0.39 is 213 Å². The second kappa shape index (κ2) is 14.6. The van der Waals surface area contributed by atoms with Crippen LogP contribution in [0.1, 0.15) is 195 Å². The average molecular weight is 736 g/mol. The molecule has 4 fully saturated rings. The van der Waals surface area contributed by atoms with Crippen molar-refractivity contribution in [1.82, 2.24) is 4.90 Å². The number of rotatable bonds is 17. The van der Waals surface area contributed by atoms with Crippen LogP contribution in [-0.2, 0) is 33.8 Å². The Kier molecular flexibility index (Phi) is 4.43. The zero-order valence-corrected chi connectivity index (χ0v) is 28.4. The topological polar surface area (TPSA) is 123 Å². The van der Waals surface area contributed by atoms with E-state index in [0.29, 0.717) is 17.7 Å². The number of hydrogen-bond donors (Lipinski definition) is 0. The smallest absolute Gasteiger partial charge is 0.227 e. The molecular weight excluding hydrogens is 639 g/mol. The lowest BCUT2D eigenvalue weighted by Crippen LogP contribution is -2.51. The molecule has 0 aromatic rings. The van der Waals surface area contributed by atoms with E-state index in [0.717, 1.165) is 6.92 Å². The maximum absolute atomic E-state index is 15.6. The van der Waals surface area contributed by atoms with E-state index in [4.69, 9.17) is 43.9 Å². The summed E-state index contributed by atoms with van der Waals surface area (Å²) in [6.45, 7) is -25.0. The van der Waals surface area contributed by atoms with E-state index in [1.807, 2.05) is 0 Å². The third kappa shape index (κ3) is 9.13. The minimum atomic E-state index is -7.12. The summed E-state index contributed by atoms with van der Waals surface area (Å²) >= 11 is 0. The van der Waals surface area contributed by atoms with Gasteiger partial charge in [-0.15, -0.1) is 0 Å². The lowest BCUT2D eigenvalue weighted by Gasteiger charge is -2.40. The minimum Gasteiger partial charge on any atom is -0.332 e. The van der Waals surface area contributed by atoms with E-state index in [-0.39, 0.29) is 12.3 Å². The summed E-state index contributed by atoms with van der Waals surface area (Å²) in [5, 5.41) is 0. The Labute approximate surface area is 341 Å². The maximum atomic E-state index is 15.6. The third-order valence-electron chi connectivity index (χ3n) is 9.90. The van der Waals surface area contributed by atoms with Gasteiger partial charge in [-0.3, -0.25) is 24.0 Å². The van der Waals surface area contributed by atoms with Crippen LogP contribution in [0.25, 0.3) is 0 Å². The van der Waals surface area contributed by atoms with E-state index in [2.05, 4.69) is 0 Å². The number of fused-ring (bicyclic) bond motifs is 1. The van der Waals surface area contributed by atoms with Crippen molar-refractivity contribution in [3.05, 3.63) is 0 Å². The molecule has 278 valence electrons. The number of nitrogens with zero attached hydrogens (tertiary/aromatic N) is 1. The van der Waals surface area contributed by atoms with Crippen LogP contribution in [0.2, 0.25) is 0 Å². The molecule has 0 unspecified atom stereocenters.